The highest BCUT2D eigenvalue weighted by Gasteiger charge is 2.24. The van der Waals surface area contributed by atoms with E-state index in [0.717, 1.165) is 5.69 Å². The Morgan fingerprint density at radius 3 is 2.65 bits per heavy atom. The Labute approximate surface area is 185 Å². The standard InChI is InChI=1S/C23H22ClN5O2/c24-18-9-4-5-10-19(18)27-23(31)20-15-26-21-16-28(13-14-29(20)21)22(30)11-6-12-25-17-7-2-1-3-8-17/h1-11,15,25H,12-14,16H2,(H,27,31)/b11-6+. The van der Waals surface area contributed by atoms with Crippen molar-refractivity contribution < 1.29 is 9.59 Å². The van der Waals surface area contributed by atoms with Crippen LogP contribution in [0.5, 0.6) is 0 Å². The zero-order valence-corrected chi connectivity index (χ0v) is 17.5. The number of para-hydroxylation sites is 2. The lowest BCUT2D eigenvalue weighted by atomic mass is 10.3. The molecule has 2 aromatic carbocycles. The van der Waals surface area contributed by atoms with Crippen LogP contribution in [-0.4, -0.2) is 39.4 Å². The van der Waals surface area contributed by atoms with Crippen LogP contribution in [-0.2, 0) is 17.9 Å². The Bertz CT molecular complexity index is 1110. The molecule has 31 heavy (non-hydrogen) atoms. The van der Waals surface area contributed by atoms with Crippen LogP contribution < -0.4 is 10.6 Å². The summed E-state index contributed by atoms with van der Waals surface area (Å²) in [5.41, 5.74) is 2.00. The van der Waals surface area contributed by atoms with Gasteiger partial charge >= 0.3 is 0 Å². The van der Waals surface area contributed by atoms with E-state index < -0.39 is 0 Å². The third-order valence-corrected chi connectivity index (χ3v) is 5.32. The molecule has 3 aromatic rings. The van der Waals surface area contributed by atoms with Crippen molar-refractivity contribution >= 4 is 34.8 Å². The highest BCUT2D eigenvalue weighted by molar-refractivity contribution is 6.33. The molecule has 0 bridgehead atoms. The topological polar surface area (TPSA) is 79.3 Å². The maximum atomic E-state index is 12.7. The van der Waals surface area contributed by atoms with Gasteiger partial charge in [0.25, 0.3) is 5.91 Å². The molecular weight excluding hydrogens is 414 g/mol. The van der Waals surface area contributed by atoms with Crippen molar-refractivity contribution in [1.29, 1.82) is 0 Å². The highest BCUT2D eigenvalue weighted by atomic mass is 35.5. The van der Waals surface area contributed by atoms with Crippen molar-refractivity contribution in [3.05, 3.63) is 89.5 Å². The molecule has 0 unspecified atom stereocenters. The first-order valence-corrected chi connectivity index (χ1v) is 10.3. The molecule has 2 amide bonds. The number of carbonyl (C=O) groups excluding carboxylic acids is 2. The number of carbonyl (C=O) groups is 2. The average Bonchev–Trinajstić information content (AvgIpc) is 3.22. The summed E-state index contributed by atoms with van der Waals surface area (Å²) in [6.07, 6.45) is 4.91. The van der Waals surface area contributed by atoms with Gasteiger partial charge in [0.2, 0.25) is 5.91 Å². The van der Waals surface area contributed by atoms with Gasteiger partial charge in [0.1, 0.15) is 11.5 Å². The second-order valence-corrected chi connectivity index (χ2v) is 7.46. The van der Waals surface area contributed by atoms with Crippen LogP contribution in [0, 0.1) is 0 Å². The highest BCUT2D eigenvalue weighted by Crippen LogP contribution is 2.22. The fourth-order valence-electron chi connectivity index (χ4n) is 3.38. The minimum Gasteiger partial charge on any atom is -0.382 e. The summed E-state index contributed by atoms with van der Waals surface area (Å²) in [7, 11) is 0. The molecule has 0 atom stereocenters. The number of rotatable bonds is 6. The van der Waals surface area contributed by atoms with Gasteiger partial charge < -0.3 is 20.1 Å². The number of nitrogens with zero attached hydrogens (tertiary/aromatic N) is 3. The molecule has 0 radical (unpaired) electrons. The van der Waals surface area contributed by atoms with E-state index >= 15 is 0 Å². The summed E-state index contributed by atoms with van der Waals surface area (Å²) in [5.74, 6) is 0.324. The summed E-state index contributed by atoms with van der Waals surface area (Å²) in [5, 5.41) is 6.52. The van der Waals surface area contributed by atoms with Gasteiger partial charge in [0.15, 0.2) is 0 Å². The predicted molar refractivity (Wildman–Crippen MR) is 121 cm³/mol. The van der Waals surface area contributed by atoms with E-state index in [2.05, 4.69) is 15.6 Å². The molecule has 4 rings (SSSR count). The normalized spacial score (nSPS) is 13.1. The smallest absolute Gasteiger partial charge is 0.273 e. The summed E-state index contributed by atoms with van der Waals surface area (Å²) < 4.78 is 1.84. The van der Waals surface area contributed by atoms with Crippen LogP contribution in [0.4, 0.5) is 11.4 Å². The van der Waals surface area contributed by atoms with E-state index in [1.54, 1.807) is 41.3 Å². The van der Waals surface area contributed by atoms with Crippen LogP contribution in [0.3, 0.4) is 0 Å². The fourth-order valence-corrected chi connectivity index (χ4v) is 3.56. The van der Waals surface area contributed by atoms with Crippen molar-refractivity contribution in [2.45, 2.75) is 13.1 Å². The van der Waals surface area contributed by atoms with Crippen LogP contribution in [0.1, 0.15) is 16.3 Å². The maximum absolute atomic E-state index is 12.7. The first kappa shape index (κ1) is 20.7. The lowest BCUT2D eigenvalue weighted by molar-refractivity contribution is -0.127. The fraction of sp³-hybridized carbons (Fsp3) is 0.174. The van der Waals surface area contributed by atoms with Gasteiger partial charge in [-0.3, -0.25) is 9.59 Å². The van der Waals surface area contributed by atoms with E-state index in [1.807, 2.05) is 34.9 Å². The number of hydrogen-bond acceptors (Lipinski definition) is 4. The molecule has 8 heteroatoms. The number of imidazole rings is 1. The summed E-state index contributed by atoms with van der Waals surface area (Å²) in [6.45, 7) is 1.92. The molecule has 0 saturated heterocycles. The third kappa shape index (κ3) is 4.95. The van der Waals surface area contributed by atoms with Gasteiger partial charge in [-0.15, -0.1) is 0 Å². The van der Waals surface area contributed by atoms with Crippen molar-refractivity contribution in [1.82, 2.24) is 14.5 Å². The molecule has 2 N–H and O–H groups in total. The van der Waals surface area contributed by atoms with Crippen LogP contribution in [0.2, 0.25) is 5.02 Å². The molecule has 7 nitrogen and oxygen atoms in total. The number of halogens is 1. The van der Waals surface area contributed by atoms with Gasteiger partial charge in [-0.1, -0.05) is 48.0 Å². The second kappa shape index (κ2) is 9.49. The van der Waals surface area contributed by atoms with E-state index in [-0.39, 0.29) is 11.8 Å². The monoisotopic (exact) mass is 435 g/mol. The SMILES string of the molecule is O=C(Nc1ccccc1Cl)c1cnc2n1CCN(C(=O)/C=C/CNc1ccccc1)C2. The maximum Gasteiger partial charge on any atom is 0.273 e. The number of hydrogen-bond donors (Lipinski definition) is 2. The molecule has 1 aliphatic heterocycles. The molecule has 1 aromatic heterocycles. The Hall–Kier alpha value is -3.58. The molecule has 1 aliphatic rings. The largest absolute Gasteiger partial charge is 0.382 e. The first-order valence-electron chi connectivity index (χ1n) is 9.96. The molecule has 158 valence electrons. The van der Waals surface area contributed by atoms with Crippen molar-refractivity contribution in [3.8, 4) is 0 Å². The zero-order chi connectivity index (χ0) is 21.6. The molecule has 0 spiro atoms. The van der Waals surface area contributed by atoms with E-state index in [9.17, 15) is 9.59 Å². The van der Waals surface area contributed by atoms with Crippen molar-refractivity contribution in [2.75, 3.05) is 23.7 Å². The van der Waals surface area contributed by atoms with Gasteiger partial charge in [-0.05, 0) is 24.3 Å². The van der Waals surface area contributed by atoms with E-state index in [4.69, 9.17) is 11.6 Å². The molecule has 0 fully saturated rings. The Morgan fingerprint density at radius 2 is 1.84 bits per heavy atom. The summed E-state index contributed by atoms with van der Waals surface area (Å²) in [6, 6.07) is 16.9. The lowest BCUT2D eigenvalue weighted by Crippen LogP contribution is -2.38. The first-order chi connectivity index (χ1) is 15.1. The molecule has 2 heterocycles. The number of aromatic nitrogens is 2. The van der Waals surface area contributed by atoms with E-state index in [1.165, 1.54) is 6.20 Å². The summed E-state index contributed by atoms with van der Waals surface area (Å²) in [4.78, 5) is 31.3. The Kier molecular flexibility index (Phi) is 6.33. The number of anilines is 2. The van der Waals surface area contributed by atoms with Gasteiger partial charge in [-0.25, -0.2) is 4.98 Å². The predicted octanol–water partition coefficient (Wildman–Crippen LogP) is 3.80. The lowest BCUT2D eigenvalue weighted by Gasteiger charge is -2.27. The third-order valence-electron chi connectivity index (χ3n) is 4.99. The Balaban J connectivity index is 1.34. The Morgan fingerprint density at radius 1 is 1.06 bits per heavy atom. The van der Waals surface area contributed by atoms with Gasteiger partial charge in [0.05, 0.1) is 23.5 Å². The molecular formula is C23H22ClN5O2. The number of nitrogens with one attached hydrogen (secondary N) is 2. The van der Waals surface area contributed by atoms with Crippen molar-refractivity contribution in [3.63, 3.8) is 0 Å². The van der Waals surface area contributed by atoms with Crippen LogP contribution >= 0.6 is 11.6 Å². The quantitative estimate of drug-likeness (QED) is 0.577. The van der Waals surface area contributed by atoms with Gasteiger partial charge in [0, 0.05) is 31.4 Å². The number of benzene rings is 2. The zero-order valence-electron chi connectivity index (χ0n) is 16.8. The summed E-state index contributed by atoms with van der Waals surface area (Å²) >= 11 is 6.12. The van der Waals surface area contributed by atoms with Gasteiger partial charge in [-0.2, -0.15) is 0 Å². The van der Waals surface area contributed by atoms with Crippen LogP contribution in [0.15, 0.2) is 72.9 Å². The molecule has 0 aliphatic carbocycles. The van der Waals surface area contributed by atoms with E-state index in [0.29, 0.717) is 48.4 Å². The second-order valence-electron chi connectivity index (χ2n) is 7.05. The van der Waals surface area contributed by atoms with Crippen molar-refractivity contribution in [2.24, 2.45) is 0 Å². The minimum absolute atomic E-state index is 0.0776. The minimum atomic E-state index is -0.279. The number of fused-ring (bicyclic) bond motifs is 1. The number of amides is 2. The average molecular weight is 436 g/mol. The van der Waals surface area contributed by atoms with Crippen LogP contribution in [0.25, 0.3) is 0 Å². The molecule has 0 saturated carbocycles.